The largest absolute Gasteiger partial charge is 0.494 e. The fraction of sp³-hybridized carbons (Fsp3) is 0.478. The Bertz CT molecular complexity index is 784. The number of para-hydroxylation sites is 1. The molecule has 28 heavy (non-hydrogen) atoms. The van der Waals surface area contributed by atoms with Crippen LogP contribution in [-0.4, -0.2) is 37.2 Å². The number of piperidine rings is 1. The van der Waals surface area contributed by atoms with Crippen molar-refractivity contribution >= 4 is 0 Å². The van der Waals surface area contributed by atoms with E-state index in [9.17, 15) is 4.39 Å². The standard InChI is InChI=1S/C23H30FN3O/c1-2-28-22-11-4-3-7-18(22)15-27-12-6-9-19(16-27)23-21(14-25-26-23)17-8-5-10-20(24)13-17/h3-5,7-8,10-11,13,19,21,23,25-26H,2,6,9,12,14-16H2,1H3. The van der Waals surface area contributed by atoms with Gasteiger partial charge in [-0.25, -0.2) is 4.39 Å². The maximum Gasteiger partial charge on any atom is 0.123 e. The topological polar surface area (TPSA) is 36.5 Å². The van der Waals surface area contributed by atoms with Gasteiger partial charge in [-0.1, -0.05) is 30.3 Å². The molecule has 2 aromatic carbocycles. The van der Waals surface area contributed by atoms with Gasteiger partial charge >= 0.3 is 0 Å². The highest BCUT2D eigenvalue weighted by Crippen LogP contribution is 2.33. The molecule has 0 bridgehead atoms. The van der Waals surface area contributed by atoms with Crippen molar-refractivity contribution in [3.8, 4) is 5.75 Å². The molecule has 2 N–H and O–H groups in total. The molecule has 2 aliphatic rings. The normalized spacial score (nSPS) is 25.7. The second-order valence-electron chi connectivity index (χ2n) is 7.89. The van der Waals surface area contributed by atoms with Gasteiger partial charge < -0.3 is 4.74 Å². The van der Waals surface area contributed by atoms with Crippen LogP contribution in [0.25, 0.3) is 0 Å². The lowest BCUT2D eigenvalue weighted by Crippen LogP contribution is -2.46. The van der Waals surface area contributed by atoms with Crippen LogP contribution in [0.3, 0.4) is 0 Å². The molecular formula is C23H30FN3O. The summed E-state index contributed by atoms with van der Waals surface area (Å²) in [7, 11) is 0. The van der Waals surface area contributed by atoms with E-state index in [0.29, 0.717) is 24.5 Å². The van der Waals surface area contributed by atoms with Gasteiger partial charge in [0.1, 0.15) is 11.6 Å². The summed E-state index contributed by atoms with van der Waals surface area (Å²) in [6.45, 7) is 6.63. The van der Waals surface area contributed by atoms with Crippen LogP contribution in [0.2, 0.25) is 0 Å². The van der Waals surface area contributed by atoms with Gasteiger partial charge in [-0.2, -0.15) is 0 Å². The molecule has 150 valence electrons. The number of ether oxygens (including phenoxy) is 1. The van der Waals surface area contributed by atoms with Crippen molar-refractivity contribution in [2.24, 2.45) is 5.92 Å². The Kier molecular flexibility index (Phi) is 6.25. The van der Waals surface area contributed by atoms with Crippen LogP contribution in [-0.2, 0) is 6.54 Å². The van der Waals surface area contributed by atoms with Gasteiger partial charge in [0.15, 0.2) is 0 Å². The fourth-order valence-electron chi connectivity index (χ4n) is 4.72. The highest BCUT2D eigenvalue weighted by Gasteiger charge is 2.36. The van der Waals surface area contributed by atoms with Gasteiger partial charge in [0.2, 0.25) is 0 Å². The number of rotatable bonds is 6. The molecule has 3 atom stereocenters. The van der Waals surface area contributed by atoms with Gasteiger partial charge in [-0.3, -0.25) is 15.8 Å². The van der Waals surface area contributed by atoms with Crippen LogP contribution in [0.5, 0.6) is 5.75 Å². The van der Waals surface area contributed by atoms with E-state index < -0.39 is 0 Å². The Morgan fingerprint density at radius 1 is 1.18 bits per heavy atom. The molecule has 2 heterocycles. The third-order valence-corrected chi connectivity index (χ3v) is 6.02. The van der Waals surface area contributed by atoms with Crippen LogP contribution in [0.1, 0.15) is 36.8 Å². The number of halogens is 1. The summed E-state index contributed by atoms with van der Waals surface area (Å²) >= 11 is 0. The van der Waals surface area contributed by atoms with Crippen LogP contribution < -0.4 is 15.6 Å². The third kappa shape index (κ3) is 4.37. The van der Waals surface area contributed by atoms with Crippen molar-refractivity contribution in [2.75, 3.05) is 26.2 Å². The first-order valence-electron chi connectivity index (χ1n) is 10.4. The number of benzene rings is 2. The quantitative estimate of drug-likeness (QED) is 0.798. The summed E-state index contributed by atoms with van der Waals surface area (Å²) in [5.74, 6) is 1.68. The van der Waals surface area contributed by atoms with Crippen molar-refractivity contribution < 1.29 is 9.13 Å². The zero-order valence-electron chi connectivity index (χ0n) is 16.5. The predicted molar refractivity (Wildman–Crippen MR) is 110 cm³/mol. The molecule has 4 rings (SSSR count). The monoisotopic (exact) mass is 383 g/mol. The van der Waals surface area contributed by atoms with E-state index in [4.69, 9.17) is 4.74 Å². The van der Waals surface area contributed by atoms with Crippen molar-refractivity contribution in [1.82, 2.24) is 15.8 Å². The van der Waals surface area contributed by atoms with E-state index in [0.717, 1.165) is 37.5 Å². The molecule has 0 spiro atoms. The lowest BCUT2D eigenvalue weighted by atomic mass is 9.81. The van der Waals surface area contributed by atoms with E-state index in [1.807, 2.05) is 25.1 Å². The summed E-state index contributed by atoms with van der Waals surface area (Å²) < 4.78 is 19.5. The van der Waals surface area contributed by atoms with Crippen LogP contribution >= 0.6 is 0 Å². The summed E-state index contributed by atoms with van der Waals surface area (Å²) in [5, 5.41) is 0. The average molecular weight is 384 g/mol. The zero-order valence-corrected chi connectivity index (χ0v) is 16.5. The summed E-state index contributed by atoms with van der Waals surface area (Å²) in [5.41, 5.74) is 9.14. The van der Waals surface area contributed by atoms with Crippen molar-refractivity contribution in [1.29, 1.82) is 0 Å². The number of likely N-dealkylation sites (tertiary alicyclic amines) is 1. The zero-order chi connectivity index (χ0) is 19.3. The number of hydrazine groups is 1. The van der Waals surface area contributed by atoms with Gasteiger partial charge in [-0.05, 0) is 56.0 Å². The Balaban J connectivity index is 1.45. The first-order chi connectivity index (χ1) is 13.7. The molecule has 5 heteroatoms. The van der Waals surface area contributed by atoms with Crippen LogP contribution in [0, 0.1) is 11.7 Å². The Labute approximate surface area is 167 Å². The number of nitrogens with zero attached hydrogens (tertiary/aromatic N) is 1. The minimum atomic E-state index is -0.152. The molecule has 2 aliphatic heterocycles. The SMILES string of the molecule is CCOc1ccccc1CN1CCCC(C2NNCC2c2cccc(F)c2)C1. The average Bonchev–Trinajstić information content (AvgIpc) is 3.20. The molecule has 2 saturated heterocycles. The van der Waals surface area contributed by atoms with Crippen LogP contribution in [0.4, 0.5) is 4.39 Å². The minimum Gasteiger partial charge on any atom is -0.494 e. The van der Waals surface area contributed by atoms with Gasteiger partial charge in [0, 0.05) is 37.2 Å². The lowest BCUT2D eigenvalue weighted by molar-refractivity contribution is 0.138. The molecule has 0 amide bonds. The van der Waals surface area contributed by atoms with Crippen molar-refractivity contribution in [3.63, 3.8) is 0 Å². The van der Waals surface area contributed by atoms with E-state index in [1.54, 1.807) is 6.07 Å². The first-order valence-corrected chi connectivity index (χ1v) is 10.4. The molecule has 0 radical (unpaired) electrons. The molecule has 0 aromatic heterocycles. The molecule has 4 nitrogen and oxygen atoms in total. The van der Waals surface area contributed by atoms with E-state index in [2.05, 4.69) is 34.0 Å². The molecular weight excluding hydrogens is 353 g/mol. The maximum atomic E-state index is 13.7. The smallest absolute Gasteiger partial charge is 0.123 e. The number of nitrogens with one attached hydrogen (secondary N) is 2. The number of hydrogen-bond donors (Lipinski definition) is 2. The third-order valence-electron chi connectivity index (χ3n) is 6.02. The van der Waals surface area contributed by atoms with Crippen molar-refractivity contribution in [3.05, 3.63) is 65.5 Å². The first kappa shape index (κ1) is 19.4. The molecule has 2 fully saturated rings. The maximum absolute atomic E-state index is 13.7. The Hall–Kier alpha value is -1.95. The van der Waals surface area contributed by atoms with Gasteiger partial charge in [-0.15, -0.1) is 0 Å². The Morgan fingerprint density at radius 2 is 2.07 bits per heavy atom. The van der Waals surface area contributed by atoms with Crippen molar-refractivity contribution in [2.45, 2.75) is 38.3 Å². The predicted octanol–water partition coefficient (Wildman–Crippen LogP) is 3.70. The van der Waals surface area contributed by atoms with Gasteiger partial charge in [0.25, 0.3) is 0 Å². The second kappa shape index (κ2) is 9.03. The highest BCUT2D eigenvalue weighted by atomic mass is 19.1. The second-order valence-corrected chi connectivity index (χ2v) is 7.89. The molecule has 2 aromatic rings. The van der Waals surface area contributed by atoms with Gasteiger partial charge in [0.05, 0.1) is 6.61 Å². The minimum absolute atomic E-state index is 0.152. The summed E-state index contributed by atoms with van der Waals surface area (Å²) in [6.07, 6.45) is 2.39. The van der Waals surface area contributed by atoms with E-state index in [1.165, 1.54) is 24.5 Å². The van der Waals surface area contributed by atoms with E-state index >= 15 is 0 Å². The fourth-order valence-corrected chi connectivity index (χ4v) is 4.72. The van der Waals surface area contributed by atoms with E-state index in [-0.39, 0.29) is 5.82 Å². The summed E-state index contributed by atoms with van der Waals surface area (Å²) in [4.78, 5) is 2.54. The highest BCUT2D eigenvalue weighted by molar-refractivity contribution is 5.33. The lowest BCUT2D eigenvalue weighted by Gasteiger charge is -2.37. The Morgan fingerprint density at radius 3 is 2.93 bits per heavy atom. The summed E-state index contributed by atoms with van der Waals surface area (Å²) in [6, 6.07) is 15.7. The van der Waals surface area contributed by atoms with Crippen LogP contribution in [0.15, 0.2) is 48.5 Å². The molecule has 0 aliphatic carbocycles. The molecule has 3 unspecified atom stereocenters. The number of hydrogen-bond acceptors (Lipinski definition) is 4. The molecule has 0 saturated carbocycles.